The van der Waals surface area contributed by atoms with Crippen LogP contribution in [0.15, 0.2) is 45.9 Å². The lowest BCUT2D eigenvalue weighted by molar-refractivity contribution is 0.212. The van der Waals surface area contributed by atoms with Crippen LogP contribution in [0.2, 0.25) is 0 Å². The predicted molar refractivity (Wildman–Crippen MR) is 85.1 cm³/mol. The van der Waals surface area contributed by atoms with Gasteiger partial charge in [-0.05, 0) is 49.2 Å². The van der Waals surface area contributed by atoms with Gasteiger partial charge in [0, 0.05) is 4.47 Å². The highest BCUT2D eigenvalue weighted by Gasteiger charge is 2.32. The third kappa shape index (κ3) is 2.65. The fourth-order valence-electron chi connectivity index (χ4n) is 2.62. The van der Waals surface area contributed by atoms with Crippen molar-refractivity contribution in [3.63, 3.8) is 0 Å². The molecule has 0 N–H and O–H groups in total. The number of hydrogen-bond donors (Lipinski definition) is 0. The monoisotopic (exact) mass is 365 g/mol. The van der Waals surface area contributed by atoms with Crippen LogP contribution in [0.4, 0.5) is 8.78 Å². The second-order valence-electron chi connectivity index (χ2n) is 5.30. The summed E-state index contributed by atoms with van der Waals surface area (Å²) in [5, 5.41) is 0. The van der Waals surface area contributed by atoms with Crippen molar-refractivity contribution in [2.45, 2.75) is 26.0 Å². The van der Waals surface area contributed by atoms with Gasteiger partial charge in [-0.1, -0.05) is 28.1 Å². The van der Waals surface area contributed by atoms with Gasteiger partial charge in [-0.2, -0.15) is 0 Å². The summed E-state index contributed by atoms with van der Waals surface area (Å²) < 4.78 is 34.4. The summed E-state index contributed by atoms with van der Waals surface area (Å²) in [5.41, 5.74) is 1.84. The molecule has 0 fully saturated rings. The zero-order chi connectivity index (χ0) is 15.9. The Hall–Kier alpha value is -1.75. The summed E-state index contributed by atoms with van der Waals surface area (Å²) in [6.45, 7) is 3.82. The smallest absolute Gasteiger partial charge is 0.223 e. The number of benzene rings is 2. The molecule has 1 aliphatic rings. The Morgan fingerprint density at radius 1 is 1.14 bits per heavy atom. The average Bonchev–Trinajstić information content (AvgIpc) is 2.80. The molecular weight excluding hydrogens is 352 g/mol. The van der Waals surface area contributed by atoms with Gasteiger partial charge in [-0.15, -0.1) is 0 Å². The van der Waals surface area contributed by atoms with Gasteiger partial charge in [0.05, 0.1) is 0 Å². The van der Waals surface area contributed by atoms with Crippen molar-refractivity contribution in [2.75, 3.05) is 0 Å². The second kappa shape index (κ2) is 5.80. The molecule has 1 heterocycles. The van der Waals surface area contributed by atoms with Crippen LogP contribution >= 0.6 is 15.9 Å². The lowest BCUT2D eigenvalue weighted by atomic mass is 9.99. The Morgan fingerprint density at radius 3 is 2.45 bits per heavy atom. The fourth-order valence-corrected chi connectivity index (χ4v) is 3.10. The number of aryl methyl sites for hydroxylation is 1. The van der Waals surface area contributed by atoms with E-state index in [9.17, 15) is 8.78 Å². The Balaban J connectivity index is 2.03. The lowest BCUT2D eigenvalue weighted by Gasteiger charge is -2.15. The fraction of sp³-hybridized carbons (Fsp3) is 0.235. The average molecular weight is 366 g/mol. The molecule has 0 spiro atoms. The summed E-state index contributed by atoms with van der Waals surface area (Å²) in [7, 11) is 0. The summed E-state index contributed by atoms with van der Waals surface area (Å²) >= 11 is 3.42. The van der Waals surface area contributed by atoms with Crippen molar-refractivity contribution in [3.05, 3.63) is 69.2 Å². The first-order valence-electron chi connectivity index (χ1n) is 6.92. The van der Waals surface area contributed by atoms with E-state index in [1.54, 1.807) is 0 Å². The van der Waals surface area contributed by atoms with Crippen molar-refractivity contribution < 1.29 is 13.5 Å². The zero-order valence-corrected chi connectivity index (χ0v) is 13.7. The molecule has 2 aromatic rings. The van der Waals surface area contributed by atoms with Crippen molar-refractivity contribution in [2.24, 2.45) is 4.99 Å². The molecule has 0 amide bonds. The first-order chi connectivity index (χ1) is 10.5. The van der Waals surface area contributed by atoms with Crippen LogP contribution in [0.1, 0.15) is 29.7 Å². The molecule has 3 rings (SSSR count). The van der Waals surface area contributed by atoms with Crippen LogP contribution in [0.25, 0.3) is 0 Å². The highest BCUT2D eigenvalue weighted by atomic mass is 79.9. The highest BCUT2D eigenvalue weighted by molar-refractivity contribution is 9.10. The van der Waals surface area contributed by atoms with Crippen molar-refractivity contribution in [3.8, 4) is 0 Å². The molecule has 1 aliphatic heterocycles. The van der Waals surface area contributed by atoms with Gasteiger partial charge in [0.15, 0.2) is 0 Å². The minimum atomic E-state index is -0.667. The van der Waals surface area contributed by atoms with E-state index in [2.05, 4.69) is 20.9 Å². The first-order valence-corrected chi connectivity index (χ1v) is 7.71. The Bertz CT molecular complexity index is 740. The third-order valence-electron chi connectivity index (χ3n) is 3.73. The SMILES string of the molecule is Cc1cc(Br)ccc1[C@@H]1N=C(c2c(F)cccc2F)O[C@@H]1C. The van der Waals surface area contributed by atoms with Crippen LogP contribution in [0.3, 0.4) is 0 Å². The van der Waals surface area contributed by atoms with Crippen LogP contribution in [0, 0.1) is 18.6 Å². The number of nitrogens with zero attached hydrogens (tertiary/aromatic N) is 1. The molecule has 0 saturated heterocycles. The van der Waals surface area contributed by atoms with E-state index >= 15 is 0 Å². The molecule has 22 heavy (non-hydrogen) atoms. The van der Waals surface area contributed by atoms with Crippen LogP contribution in [-0.2, 0) is 4.74 Å². The summed E-state index contributed by atoms with van der Waals surface area (Å²) in [5.74, 6) is -1.31. The second-order valence-corrected chi connectivity index (χ2v) is 6.22. The van der Waals surface area contributed by atoms with Gasteiger partial charge >= 0.3 is 0 Å². The van der Waals surface area contributed by atoms with Gasteiger partial charge in [0.2, 0.25) is 5.90 Å². The molecule has 0 aromatic heterocycles. The van der Waals surface area contributed by atoms with Crippen LogP contribution in [-0.4, -0.2) is 12.0 Å². The van der Waals surface area contributed by atoms with Crippen LogP contribution in [0.5, 0.6) is 0 Å². The van der Waals surface area contributed by atoms with E-state index in [1.165, 1.54) is 18.2 Å². The first kappa shape index (κ1) is 15.2. The van der Waals surface area contributed by atoms with Gasteiger partial charge in [0.25, 0.3) is 0 Å². The molecule has 0 aliphatic carbocycles. The number of halogens is 3. The number of rotatable bonds is 2. The van der Waals surface area contributed by atoms with Gasteiger partial charge in [-0.3, -0.25) is 0 Å². The Labute approximate surface area is 136 Å². The zero-order valence-electron chi connectivity index (χ0n) is 12.1. The molecule has 5 heteroatoms. The maximum absolute atomic E-state index is 13.9. The van der Waals surface area contributed by atoms with Crippen molar-refractivity contribution in [1.82, 2.24) is 0 Å². The summed E-state index contributed by atoms with van der Waals surface area (Å²) in [4.78, 5) is 4.42. The molecule has 0 radical (unpaired) electrons. The topological polar surface area (TPSA) is 21.6 Å². The van der Waals surface area contributed by atoms with E-state index < -0.39 is 11.6 Å². The minimum Gasteiger partial charge on any atom is -0.472 e. The largest absolute Gasteiger partial charge is 0.472 e. The highest BCUT2D eigenvalue weighted by Crippen LogP contribution is 2.34. The van der Waals surface area contributed by atoms with Crippen molar-refractivity contribution >= 4 is 21.8 Å². The quantitative estimate of drug-likeness (QED) is 0.738. The predicted octanol–water partition coefficient (Wildman–Crippen LogP) is 4.94. The molecule has 0 saturated carbocycles. The molecule has 2 atom stereocenters. The Kier molecular flexibility index (Phi) is 4.00. The molecule has 2 aromatic carbocycles. The maximum Gasteiger partial charge on any atom is 0.223 e. The van der Waals surface area contributed by atoms with Crippen LogP contribution < -0.4 is 0 Å². The third-order valence-corrected chi connectivity index (χ3v) is 4.22. The molecule has 2 nitrogen and oxygen atoms in total. The maximum atomic E-state index is 13.9. The molecule has 0 bridgehead atoms. The van der Waals surface area contributed by atoms with E-state index in [4.69, 9.17) is 4.74 Å². The lowest BCUT2D eigenvalue weighted by Crippen LogP contribution is -2.14. The number of ether oxygens (including phenoxy) is 1. The molecular formula is C17H14BrF2NO. The summed E-state index contributed by atoms with van der Waals surface area (Å²) in [6, 6.07) is 9.31. The standard InChI is InChI=1S/C17H14BrF2NO/c1-9-8-11(18)6-7-12(9)16-10(2)22-17(21-16)15-13(19)4-3-5-14(15)20/h3-8,10,16H,1-2H3/t10-,16-/m1/s1. The van der Waals surface area contributed by atoms with E-state index in [0.29, 0.717) is 0 Å². The minimum absolute atomic E-state index is 0.0235. The number of hydrogen-bond acceptors (Lipinski definition) is 2. The van der Waals surface area contributed by atoms with E-state index in [1.807, 2.05) is 32.0 Å². The summed E-state index contributed by atoms with van der Waals surface area (Å²) in [6.07, 6.45) is -0.283. The number of aliphatic imine (C=N–C) groups is 1. The van der Waals surface area contributed by atoms with Gasteiger partial charge < -0.3 is 4.74 Å². The van der Waals surface area contributed by atoms with Gasteiger partial charge in [0.1, 0.15) is 29.3 Å². The normalized spacial score (nSPS) is 20.7. The van der Waals surface area contributed by atoms with E-state index in [-0.39, 0.29) is 23.6 Å². The molecule has 0 unspecified atom stereocenters. The molecule has 114 valence electrons. The van der Waals surface area contributed by atoms with E-state index in [0.717, 1.165) is 15.6 Å². The van der Waals surface area contributed by atoms with Gasteiger partial charge in [-0.25, -0.2) is 13.8 Å². The van der Waals surface area contributed by atoms with Crippen molar-refractivity contribution in [1.29, 1.82) is 0 Å². The Morgan fingerprint density at radius 2 is 1.82 bits per heavy atom.